The Kier molecular flexibility index (Phi) is 3.19. The Labute approximate surface area is 101 Å². The lowest BCUT2D eigenvalue weighted by Gasteiger charge is -2.48. The third-order valence-electron chi connectivity index (χ3n) is 4.42. The molecule has 0 spiro atoms. The van der Waals surface area contributed by atoms with E-state index in [4.69, 9.17) is 16.7 Å². The van der Waals surface area contributed by atoms with Gasteiger partial charge in [0.05, 0.1) is 5.92 Å². The summed E-state index contributed by atoms with van der Waals surface area (Å²) in [6, 6.07) is 0. The van der Waals surface area contributed by atoms with Crippen molar-refractivity contribution in [3.8, 4) is 0 Å². The molecule has 2 aliphatic rings. The van der Waals surface area contributed by atoms with E-state index >= 15 is 0 Å². The third-order valence-corrected chi connectivity index (χ3v) is 4.89. The second-order valence-electron chi connectivity index (χ2n) is 5.47. The molecular weight excluding hydrogens is 228 g/mol. The van der Waals surface area contributed by atoms with Crippen LogP contribution in [0.2, 0.25) is 0 Å². The maximum absolute atomic E-state index is 11.1. The van der Waals surface area contributed by atoms with Crippen molar-refractivity contribution in [3.05, 3.63) is 0 Å². The molecule has 2 aliphatic carbocycles. The summed E-state index contributed by atoms with van der Waals surface area (Å²) in [5, 5.41) is 18.1. The average molecular weight is 247 g/mol. The quantitative estimate of drug-likeness (QED) is 0.699. The first kappa shape index (κ1) is 12.2. The van der Waals surface area contributed by atoms with Crippen LogP contribution in [0.1, 0.15) is 39.0 Å². The molecule has 0 aromatic carbocycles. The van der Waals surface area contributed by atoms with Crippen molar-refractivity contribution >= 4 is 17.6 Å². The van der Waals surface area contributed by atoms with E-state index in [1.54, 1.807) is 0 Å². The van der Waals surface area contributed by atoms with Gasteiger partial charge in [-0.05, 0) is 43.9 Å². The molecule has 2 rings (SSSR count). The number of halogens is 1. The number of fused-ring (bicyclic) bond motifs is 1. The first-order chi connectivity index (χ1) is 7.42. The Balaban J connectivity index is 2.18. The van der Waals surface area contributed by atoms with Crippen molar-refractivity contribution in [3.63, 3.8) is 0 Å². The molecule has 2 fully saturated rings. The van der Waals surface area contributed by atoms with E-state index in [0.717, 1.165) is 19.3 Å². The molecule has 4 heteroatoms. The highest BCUT2D eigenvalue weighted by Gasteiger charge is 2.49. The first-order valence-corrected chi connectivity index (χ1v) is 6.43. The highest BCUT2D eigenvalue weighted by Crippen LogP contribution is 2.51. The molecular formula is C12H19ClO3. The van der Waals surface area contributed by atoms with Crippen LogP contribution in [-0.4, -0.2) is 21.2 Å². The lowest BCUT2D eigenvalue weighted by Crippen LogP contribution is -2.48. The first-order valence-electron chi connectivity index (χ1n) is 6.06. The van der Waals surface area contributed by atoms with Crippen molar-refractivity contribution < 1.29 is 15.0 Å². The fourth-order valence-corrected chi connectivity index (χ4v) is 3.95. The predicted molar refractivity (Wildman–Crippen MR) is 61.2 cm³/mol. The van der Waals surface area contributed by atoms with E-state index in [-0.39, 0.29) is 11.8 Å². The third kappa shape index (κ3) is 2.07. The number of rotatable bonds is 1. The summed E-state index contributed by atoms with van der Waals surface area (Å²) < 4.78 is 0. The maximum atomic E-state index is 11.1. The number of carbonyl (C=O) groups is 1. The van der Waals surface area contributed by atoms with Crippen LogP contribution in [0.3, 0.4) is 0 Å². The highest BCUT2D eigenvalue weighted by atomic mass is 35.5. The van der Waals surface area contributed by atoms with Gasteiger partial charge < -0.3 is 10.2 Å². The highest BCUT2D eigenvalue weighted by molar-refractivity contribution is 6.23. The van der Waals surface area contributed by atoms with E-state index in [0.29, 0.717) is 24.7 Å². The Bertz CT molecular complexity index is 290. The zero-order valence-corrected chi connectivity index (χ0v) is 10.3. The van der Waals surface area contributed by atoms with Crippen LogP contribution in [0.15, 0.2) is 0 Å². The average Bonchev–Trinajstić information content (AvgIpc) is 2.18. The van der Waals surface area contributed by atoms with Gasteiger partial charge in [0.25, 0.3) is 0 Å². The standard InChI is InChI=1S/C12H19ClO3/c1-7-5-8(11(14)15)6-10-9(7)3-2-4-12(10,13)16/h7-10,16H,2-6H2,1H3,(H,14,15)/t7-,8?,9?,10?,12-/m0/s1. The molecule has 0 heterocycles. The number of hydrogen-bond acceptors (Lipinski definition) is 2. The lowest BCUT2D eigenvalue weighted by molar-refractivity contribution is -0.147. The topological polar surface area (TPSA) is 57.5 Å². The molecule has 0 aromatic heterocycles. The van der Waals surface area contributed by atoms with E-state index in [1.807, 2.05) is 0 Å². The van der Waals surface area contributed by atoms with Gasteiger partial charge >= 0.3 is 5.97 Å². The summed E-state index contributed by atoms with van der Waals surface area (Å²) in [4.78, 5) is 11.1. The van der Waals surface area contributed by atoms with Gasteiger partial charge in [0.1, 0.15) is 5.06 Å². The molecule has 0 saturated heterocycles. The second-order valence-corrected chi connectivity index (χ2v) is 6.12. The van der Waals surface area contributed by atoms with Crippen LogP contribution in [-0.2, 0) is 4.79 Å². The zero-order chi connectivity index (χ0) is 11.9. The number of carboxylic acid groups (broad SMARTS) is 1. The molecule has 3 nitrogen and oxygen atoms in total. The monoisotopic (exact) mass is 246 g/mol. The van der Waals surface area contributed by atoms with Crippen LogP contribution in [0.4, 0.5) is 0 Å². The maximum Gasteiger partial charge on any atom is 0.306 e. The van der Waals surface area contributed by atoms with Crippen LogP contribution in [0.25, 0.3) is 0 Å². The van der Waals surface area contributed by atoms with Crippen LogP contribution in [0, 0.1) is 23.7 Å². The van der Waals surface area contributed by atoms with Gasteiger partial charge in [0.2, 0.25) is 0 Å². The Morgan fingerprint density at radius 2 is 2.12 bits per heavy atom. The molecule has 0 aromatic rings. The SMILES string of the molecule is C[C@H]1CC(C(=O)O)CC2C1CCC[C@@]2(O)Cl. The van der Waals surface area contributed by atoms with Crippen molar-refractivity contribution in [2.45, 2.75) is 44.1 Å². The summed E-state index contributed by atoms with van der Waals surface area (Å²) >= 11 is 6.14. The fourth-order valence-electron chi connectivity index (χ4n) is 3.56. The largest absolute Gasteiger partial charge is 0.481 e. The molecule has 3 unspecified atom stereocenters. The molecule has 0 bridgehead atoms. The van der Waals surface area contributed by atoms with E-state index in [1.165, 1.54) is 0 Å². The molecule has 16 heavy (non-hydrogen) atoms. The predicted octanol–water partition coefficient (Wildman–Crippen LogP) is 2.46. The van der Waals surface area contributed by atoms with E-state index < -0.39 is 11.0 Å². The summed E-state index contributed by atoms with van der Waals surface area (Å²) in [6.45, 7) is 2.09. The van der Waals surface area contributed by atoms with Crippen molar-refractivity contribution in [2.24, 2.45) is 23.7 Å². The number of carboxylic acids is 1. The van der Waals surface area contributed by atoms with Gasteiger partial charge in [-0.2, -0.15) is 0 Å². The molecule has 0 aliphatic heterocycles. The lowest BCUT2D eigenvalue weighted by atomic mass is 9.61. The summed E-state index contributed by atoms with van der Waals surface area (Å²) in [6.07, 6.45) is 3.87. The minimum Gasteiger partial charge on any atom is -0.481 e. The second kappa shape index (κ2) is 4.19. The van der Waals surface area contributed by atoms with Gasteiger partial charge in [0.15, 0.2) is 0 Å². The summed E-state index contributed by atoms with van der Waals surface area (Å²) in [7, 11) is 0. The van der Waals surface area contributed by atoms with Crippen LogP contribution < -0.4 is 0 Å². The summed E-state index contributed by atoms with van der Waals surface area (Å²) in [5.74, 6) is -0.381. The minimum atomic E-state index is -1.18. The van der Waals surface area contributed by atoms with Crippen molar-refractivity contribution in [1.29, 1.82) is 0 Å². The van der Waals surface area contributed by atoms with Crippen LogP contribution in [0.5, 0.6) is 0 Å². The Morgan fingerprint density at radius 3 is 2.75 bits per heavy atom. The van der Waals surface area contributed by atoms with Crippen molar-refractivity contribution in [1.82, 2.24) is 0 Å². The van der Waals surface area contributed by atoms with Gasteiger partial charge in [-0.1, -0.05) is 18.5 Å². The normalized spacial score (nSPS) is 48.4. The molecule has 5 atom stereocenters. The number of aliphatic hydroxyl groups is 1. The number of alkyl halides is 1. The molecule has 92 valence electrons. The summed E-state index contributed by atoms with van der Waals surface area (Å²) in [5.41, 5.74) is 0. The van der Waals surface area contributed by atoms with Gasteiger partial charge in [0, 0.05) is 5.92 Å². The van der Waals surface area contributed by atoms with Gasteiger partial charge in [-0.25, -0.2) is 0 Å². The van der Waals surface area contributed by atoms with Crippen molar-refractivity contribution in [2.75, 3.05) is 0 Å². The number of aliphatic carboxylic acids is 1. The Hall–Kier alpha value is -0.280. The minimum absolute atomic E-state index is 0.0484. The van der Waals surface area contributed by atoms with Crippen LogP contribution >= 0.6 is 11.6 Å². The fraction of sp³-hybridized carbons (Fsp3) is 0.917. The molecule has 2 N–H and O–H groups in total. The molecule has 0 amide bonds. The van der Waals surface area contributed by atoms with Gasteiger partial charge in [-0.3, -0.25) is 4.79 Å². The Morgan fingerprint density at radius 1 is 1.44 bits per heavy atom. The van der Waals surface area contributed by atoms with E-state index in [9.17, 15) is 9.90 Å². The molecule has 0 radical (unpaired) electrons. The molecule has 2 saturated carbocycles. The zero-order valence-electron chi connectivity index (χ0n) is 9.53. The smallest absolute Gasteiger partial charge is 0.306 e. The van der Waals surface area contributed by atoms with E-state index in [2.05, 4.69) is 6.92 Å². The van der Waals surface area contributed by atoms with Gasteiger partial charge in [-0.15, -0.1) is 0 Å². The number of hydrogen-bond donors (Lipinski definition) is 2.